The van der Waals surface area contributed by atoms with Crippen LogP contribution in [-0.2, 0) is 4.79 Å². The molecule has 34 heavy (non-hydrogen) atoms. The number of nitrogen functional groups attached to an aromatic ring is 1. The van der Waals surface area contributed by atoms with Crippen molar-refractivity contribution >= 4 is 11.9 Å². The van der Waals surface area contributed by atoms with Gasteiger partial charge in [-0.05, 0) is 62.2 Å². The minimum absolute atomic E-state index is 0.0430. The largest absolute Gasteiger partial charge is 0.467 e. The molecule has 0 radical (unpaired) electrons. The van der Waals surface area contributed by atoms with Gasteiger partial charge in [0, 0.05) is 24.3 Å². The van der Waals surface area contributed by atoms with E-state index in [2.05, 4.69) is 15.0 Å². The van der Waals surface area contributed by atoms with Crippen molar-refractivity contribution < 1.29 is 22.7 Å². The predicted octanol–water partition coefficient (Wildman–Crippen LogP) is 4.81. The molecule has 0 spiro atoms. The summed E-state index contributed by atoms with van der Waals surface area (Å²) in [6, 6.07) is 8.25. The van der Waals surface area contributed by atoms with Gasteiger partial charge in [-0.3, -0.25) is 9.78 Å². The number of carbonyl (C=O) groups excluding carboxylic acids is 1. The molecule has 1 aromatic carbocycles. The van der Waals surface area contributed by atoms with Gasteiger partial charge >= 0.3 is 0 Å². The first-order valence-corrected chi connectivity index (χ1v) is 10.8. The predicted molar refractivity (Wildman–Crippen MR) is 123 cm³/mol. The molecule has 0 bridgehead atoms. The van der Waals surface area contributed by atoms with Crippen LogP contribution in [0.1, 0.15) is 38.1 Å². The summed E-state index contributed by atoms with van der Waals surface area (Å²) < 4.78 is 46.3. The Bertz CT molecular complexity index is 1160. The monoisotopic (exact) mass is 473 g/mol. The highest BCUT2D eigenvalue weighted by atomic mass is 19.3. The van der Waals surface area contributed by atoms with Crippen molar-refractivity contribution in [3.05, 3.63) is 53.6 Å². The summed E-state index contributed by atoms with van der Waals surface area (Å²) in [5, 5.41) is 0. The highest BCUT2D eigenvalue weighted by Gasteiger charge is 2.22. The highest BCUT2D eigenvalue weighted by molar-refractivity contribution is 5.85. The van der Waals surface area contributed by atoms with Gasteiger partial charge in [-0.1, -0.05) is 6.92 Å². The fourth-order valence-corrected chi connectivity index (χ4v) is 3.54. The minimum atomic E-state index is -2.80. The van der Waals surface area contributed by atoms with E-state index in [9.17, 15) is 18.0 Å². The summed E-state index contributed by atoms with van der Waals surface area (Å²) in [7, 11) is 0. The number of hydrogen-bond donors (Lipinski definition) is 1. The van der Waals surface area contributed by atoms with Crippen LogP contribution in [0.4, 0.5) is 19.1 Å². The molecule has 0 saturated carbocycles. The van der Waals surface area contributed by atoms with Crippen molar-refractivity contribution in [1.82, 2.24) is 19.9 Å². The number of alkyl halides is 2. The van der Waals surface area contributed by atoms with Crippen LogP contribution in [0.15, 0.2) is 36.4 Å². The van der Waals surface area contributed by atoms with Crippen LogP contribution in [0.3, 0.4) is 0 Å². The Morgan fingerprint density at radius 1 is 1.09 bits per heavy atom. The third-order valence-electron chi connectivity index (χ3n) is 5.06. The van der Waals surface area contributed by atoms with Gasteiger partial charge in [-0.25, -0.2) is 18.2 Å². The van der Waals surface area contributed by atoms with E-state index in [1.807, 2.05) is 13.8 Å². The lowest BCUT2D eigenvalue weighted by molar-refractivity contribution is -0.133. The number of rotatable bonds is 9. The van der Waals surface area contributed by atoms with Gasteiger partial charge < -0.3 is 15.4 Å². The number of carbonyl (C=O) groups is 1. The van der Waals surface area contributed by atoms with E-state index >= 15 is 0 Å². The summed E-state index contributed by atoms with van der Waals surface area (Å²) in [6.45, 7) is 6.16. The average Bonchev–Trinajstić information content (AvgIpc) is 2.80. The maximum absolute atomic E-state index is 13.5. The molecule has 0 aliphatic rings. The zero-order valence-corrected chi connectivity index (χ0v) is 19.2. The van der Waals surface area contributed by atoms with Gasteiger partial charge in [-0.2, -0.15) is 4.98 Å². The van der Waals surface area contributed by atoms with Crippen LogP contribution in [0.5, 0.6) is 5.88 Å². The molecule has 2 aromatic heterocycles. The maximum Gasteiger partial charge on any atom is 0.280 e. The Morgan fingerprint density at radius 3 is 2.41 bits per heavy atom. The minimum Gasteiger partial charge on any atom is -0.467 e. The number of anilines is 1. The Morgan fingerprint density at radius 2 is 1.79 bits per heavy atom. The molecule has 3 rings (SSSR count). The third-order valence-corrected chi connectivity index (χ3v) is 5.06. The molecule has 0 unspecified atom stereocenters. The third kappa shape index (κ3) is 5.81. The average molecular weight is 473 g/mol. The maximum atomic E-state index is 13.5. The SMILES string of the molecule is CCCN(CC)C(=O)COc1nc(N)nc(-c2ccc(F)cc2)c1-c1cc(C)nc(C(F)F)c1. The van der Waals surface area contributed by atoms with E-state index in [-0.39, 0.29) is 35.6 Å². The fraction of sp³-hybridized carbons (Fsp3) is 0.333. The molecular weight excluding hydrogens is 447 g/mol. The van der Waals surface area contributed by atoms with E-state index in [1.54, 1.807) is 17.9 Å². The van der Waals surface area contributed by atoms with E-state index in [4.69, 9.17) is 10.5 Å². The van der Waals surface area contributed by atoms with Crippen LogP contribution in [0.25, 0.3) is 22.4 Å². The Balaban J connectivity index is 2.15. The summed E-state index contributed by atoms with van der Waals surface area (Å²) in [4.78, 5) is 26.6. The van der Waals surface area contributed by atoms with Gasteiger partial charge in [0.05, 0.1) is 11.3 Å². The summed E-state index contributed by atoms with van der Waals surface area (Å²) in [5.41, 5.74) is 7.11. The second-order valence-electron chi connectivity index (χ2n) is 7.60. The van der Waals surface area contributed by atoms with E-state index in [0.717, 1.165) is 6.42 Å². The molecule has 10 heteroatoms. The molecule has 3 aromatic rings. The van der Waals surface area contributed by atoms with Crippen LogP contribution in [-0.4, -0.2) is 45.5 Å². The molecule has 0 fully saturated rings. The Hall–Kier alpha value is -3.69. The summed E-state index contributed by atoms with van der Waals surface area (Å²) in [5.74, 6) is -0.899. The van der Waals surface area contributed by atoms with E-state index < -0.39 is 17.9 Å². The van der Waals surface area contributed by atoms with Crippen LogP contribution >= 0.6 is 0 Å². The van der Waals surface area contributed by atoms with Crippen molar-refractivity contribution in [1.29, 1.82) is 0 Å². The number of ether oxygens (including phenoxy) is 1. The number of hydrogen-bond acceptors (Lipinski definition) is 6. The van der Waals surface area contributed by atoms with Crippen LogP contribution in [0, 0.1) is 12.7 Å². The van der Waals surface area contributed by atoms with Gasteiger partial charge in [0.25, 0.3) is 12.3 Å². The molecule has 2 heterocycles. The first kappa shape index (κ1) is 24.9. The number of aromatic nitrogens is 3. The molecule has 180 valence electrons. The first-order valence-electron chi connectivity index (χ1n) is 10.8. The van der Waals surface area contributed by atoms with Gasteiger partial charge in [0.15, 0.2) is 6.61 Å². The number of amides is 1. The molecule has 1 amide bonds. The fourth-order valence-electron chi connectivity index (χ4n) is 3.54. The van der Waals surface area contributed by atoms with Gasteiger partial charge in [0.1, 0.15) is 11.5 Å². The number of pyridine rings is 1. The molecule has 0 atom stereocenters. The molecular formula is C24H26F3N5O2. The van der Waals surface area contributed by atoms with E-state index in [0.29, 0.717) is 29.9 Å². The Kier molecular flexibility index (Phi) is 8.04. The first-order chi connectivity index (χ1) is 16.2. The van der Waals surface area contributed by atoms with Crippen molar-refractivity contribution in [2.75, 3.05) is 25.4 Å². The van der Waals surface area contributed by atoms with E-state index in [1.165, 1.54) is 30.3 Å². The molecule has 0 aliphatic heterocycles. The van der Waals surface area contributed by atoms with Crippen LogP contribution in [0.2, 0.25) is 0 Å². The number of likely N-dealkylation sites (N-methyl/N-ethyl adjacent to an activating group) is 1. The second kappa shape index (κ2) is 11.0. The smallest absolute Gasteiger partial charge is 0.280 e. The van der Waals surface area contributed by atoms with Gasteiger partial charge in [-0.15, -0.1) is 0 Å². The molecule has 7 nitrogen and oxygen atoms in total. The topological polar surface area (TPSA) is 94.2 Å². The Labute approximate surface area is 195 Å². The lowest BCUT2D eigenvalue weighted by atomic mass is 9.99. The number of nitrogens with zero attached hydrogens (tertiary/aromatic N) is 4. The molecule has 0 aliphatic carbocycles. The number of nitrogens with two attached hydrogens (primary N) is 1. The lowest BCUT2D eigenvalue weighted by Crippen LogP contribution is -2.35. The van der Waals surface area contributed by atoms with Crippen molar-refractivity contribution in [2.45, 2.75) is 33.6 Å². The van der Waals surface area contributed by atoms with Gasteiger partial charge in [0.2, 0.25) is 11.8 Å². The van der Waals surface area contributed by atoms with Crippen molar-refractivity contribution in [3.63, 3.8) is 0 Å². The van der Waals surface area contributed by atoms with Crippen molar-refractivity contribution in [2.24, 2.45) is 0 Å². The summed E-state index contributed by atoms with van der Waals surface area (Å²) >= 11 is 0. The second-order valence-corrected chi connectivity index (χ2v) is 7.60. The number of aryl methyl sites for hydroxylation is 1. The molecule has 2 N–H and O–H groups in total. The zero-order valence-electron chi connectivity index (χ0n) is 19.2. The van der Waals surface area contributed by atoms with Crippen LogP contribution < -0.4 is 10.5 Å². The summed E-state index contributed by atoms with van der Waals surface area (Å²) in [6.07, 6.45) is -2.02. The normalized spacial score (nSPS) is 11.0. The quantitative estimate of drug-likeness (QED) is 0.479. The molecule has 0 saturated heterocycles. The lowest BCUT2D eigenvalue weighted by Gasteiger charge is -2.21. The zero-order chi connectivity index (χ0) is 24.8. The highest BCUT2D eigenvalue weighted by Crippen LogP contribution is 2.39. The number of halogens is 3. The van der Waals surface area contributed by atoms with Crippen molar-refractivity contribution in [3.8, 4) is 28.3 Å². The number of benzene rings is 1. The standard InChI is InChI=1S/C24H26F3N5O2/c1-4-10-32(5-2)19(33)13-34-23-20(16-11-14(3)29-18(12-16)22(26)27)21(30-24(28)31-23)15-6-8-17(25)9-7-15/h6-9,11-12,22H,4-5,10,13H2,1-3H3,(H2,28,30,31).